The maximum atomic E-state index is 13.3. The zero-order chi connectivity index (χ0) is 25.4. The Balaban J connectivity index is 2.10. The van der Waals surface area contributed by atoms with Gasteiger partial charge in [0.15, 0.2) is 0 Å². The number of aliphatic carboxylic acids is 2. The van der Waals surface area contributed by atoms with Crippen LogP contribution in [-0.4, -0.2) is 85.5 Å². The van der Waals surface area contributed by atoms with Gasteiger partial charge in [-0.05, 0) is 25.2 Å². The highest BCUT2D eigenvalue weighted by Crippen LogP contribution is 2.21. The van der Waals surface area contributed by atoms with Crippen molar-refractivity contribution in [3.8, 4) is 0 Å². The van der Waals surface area contributed by atoms with Gasteiger partial charge in [-0.2, -0.15) is 0 Å². The molecule has 0 aromatic carbocycles. The average Bonchev–Trinajstić information content (AvgIpc) is 3.43. The molecule has 34 heavy (non-hydrogen) atoms. The number of hydrogen-bond acceptors (Lipinski definition) is 7. The van der Waals surface area contributed by atoms with Crippen LogP contribution in [0.15, 0.2) is 12.5 Å². The summed E-state index contributed by atoms with van der Waals surface area (Å²) in [5.41, 5.74) is 6.65. The number of rotatable bonds is 12. The number of imidazole rings is 1. The summed E-state index contributed by atoms with van der Waals surface area (Å²) in [7, 11) is 0. The fraction of sp³-hybridized carbons (Fsp3) is 0.619. The molecule has 0 bridgehead atoms. The third-order valence-corrected chi connectivity index (χ3v) is 5.48. The molecule has 2 heterocycles. The van der Waals surface area contributed by atoms with Gasteiger partial charge in [0.05, 0.1) is 18.8 Å². The second-order valence-corrected chi connectivity index (χ2v) is 8.77. The van der Waals surface area contributed by atoms with Gasteiger partial charge in [-0.1, -0.05) is 13.8 Å². The van der Waals surface area contributed by atoms with E-state index in [1.807, 2.05) is 13.8 Å². The number of carbonyl (C=O) groups excluding carboxylic acids is 3. The highest BCUT2D eigenvalue weighted by Gasteiger charge is 2.39. The third kappa shape index (κ3) is 7.54. The molecule has 7 N–H and O–H groups in total. The van der Waals surface area contributed by atoms with E-state index in [0.717, 1.165) is 0 Å². The number of likely N-dealkylation sites (tertiary alicyclic amines) is 1. The molecule has 2 rings (SSSR count). The van der Waals surface area contributed by atoms with Crippen LogP contribution in [-0.2, 0) is 30.4 Å². The minimum absolute atomic E-state index is 0.0416. The van der Waals surface area contributed by atoms with Crippen molar-refractivity contribution >= 4 is 29.7 Å². The van der Waals surface area contributed by atoms with E-state index in [-0.39, 0.29) is 18.9 Å². The van der Waals surface area contributed by atoms with Crippen molar-refractivity contribution in [2.45, 2.75) is 70.1 Å². The van der Waals surface area contributed by atoms with Crippen molar-refractivity contribution in [1.82, 2.24) is 25.5 Å². The highest BCUT2D eigenvalue weighted by atomic mass is 16.4. The van der Waals surface area contributed by atoms with Gasteiger partial charge in [0.1, 0.15) is 18.1 Å². The van der Waals surface area contributed by atoms with Crippen molar-refractivity contribution < 1.29 is 34.2 Å². The number of aromatic amines is 1. The SMILES string of the molecule is CC(C)CC(NC(=O)C(N)Cc1cnc[nH]1)C(=O)N1CCCC1C(=O)NC(CC(=O)O)C(=O)O. The van der Waals surface area contributed by atoms with Gasteiger partial charge in [-0.15, -0.1) is 0 Å². The monoisotopic (exact) mass is 480 g/mol. The van der Waals surface area contributed by atoms with Gasteiger partial charge >= 0.3 is 11.9 Å². The molecule has 0 radical (unpaired) electrons. The smallest absolute Gasteiger partial charge is 0.326 e. The molecule has 0 spiro atoms. The lowest BCUT2D eigenvalue weighted by atomic mass is 10.0. The quantitative estimate of drug-likeness (QED) is 0.213. The van der Waals surface area contributed by atoms with Crippen molar-refractivity contribution in [2.24, 2.45) is 11.7 Å². The first kappa shape index (κ1) is 26.8. The van der Waals surface area contributed by atoms with Gasteiger partial charge in [0.25, 0.3) is 0 Å². The largest absolute Gasteiger partial charge is 0.481 e. The number of amides is 3. The van der Waals surface area contributed by atoms with Crippen LogP contribution in [0, 0.1) is 5.92 Å². The third-order valence-electron chi connectivity index (χ3n) is 5.48. The maximum absolute atomic E-state index is 13.3. The van der Waals surface area contributed by atoms with Crippen LogP contribution < -0.4 is 16.4 Å². The standard InChI is InChI=1S/C21H32N6O7/c1-11(2)6-14(25-18(30)13(22)7-12-9-23-10-24-12)20(32)27-5-3-4-16(27)19(31)26-15(21(33)34)8-17(28)29/h9-11,13-16H,3-8,22H2,1-2H3,(H,23,24)(H,25,30)(H,26,31)(H,28,29)(H,33,34). The van der Waals surface area contributed by atoms with E-state index in [0.29, 0.717) is 25.0 Å². The van der Waals surface area contributed by atoms with E-state index in [2.05, 4.69) is 20.6 Å². The summed E-state index contributed by atoms with van der Waals surface area (Å²) in [6.45, 7) is 4.02. The minimum Gasteiger partial charge on any atom is -0.481 e. The molecule has 1 fully saturated rings. The first-order valence-corrected chi connectivity index (χ1v) is 11.1. The Kier molecular flexibility index (Phi) is 9.54. The van der Waals surface area contributed by atoms with E-state index in [9.17, 15) is 29.1 Å². The number of nitrogens with two attached hydrogens (primary N) is 1. The van der Waals surface area contributed by atoms with Gasteiger partial charge in [0.2, 0.25) is 17.7 Å². The second-order valence-electron chi connectivity index (χ2n) is 8.77. The number of carboxylic acids is 2. The second kappa shape index (κ2) is 12.1. The Hall–Kier alpha value is -3.48. The highest BCUT2D eigenvalue weighted by molar-refractivity contribution is 5.95. The normalized spacial score (nSPS) is 18.2. The fourth-order valence-electron chi connectivity index (χ4n) is 3.84. The lowest BCUT2D eigenvalue weighted by Crippen LogP contribution is -2.57. The lowest BCUT2D eigenvalue weighted by molar-refractivity contribution is -0.148. The first-order valence-electron chi connectivity index (χ1n) is 11.1. The van der Waals surface area contributed by atoms with Gasteiger partial charge < -0.3 is 36.5 Å². The number of nitrogens with one attached hydrogen (secondary N) is 3. The number of H-pyrrole nitrogens is 1. The van der Waals surface area contributed by atoms with E-state index in [4.69, 9.17) is 10.8 Å². The van der Waals surface area contributed by atoms with Crippen LogP contribution in [0.25, 0.3) is 0 Å². The predicted molar refractivity (Wildman–Crippen MR) is 118 cm³/mol. The molecule has 0 saturated carbocycles. The summed E-state index contributed by atoms with van der Waals surface area (Å²) in [6.07, 6.45) is 3.52. The molecule has 4 atom stereocenters. The number of hydrogen-bond donors (Lipinski definition) is 6. The molecule has 1 aliphatic heterocycles. The van der Waals surface area contributed by atoms with Crippen LogP contribution in [0.3, 0.4) is 0 Å². The fourth-order valence-corrected chi connectivity index (χ4v) is 3.84. The van der Waals surface area contributed by atoms with Crippen LogP contribution in [0.1, 0.15) is 45.2 Å². The molecular weight excluding hydrogens is 448 g/mol. The Labute approximate surface area is 196 Å². The predicted octanol–water partition coefficient (Wildman–Crippen LogP) is -1.15. The summed E-state index contributed by atoms with van der Waals surface area (Å²) in [5, 5.41) is 23.0. The van der Waals surface area contributed by atoms with Crippen molar-refractivity contribution in [2.75, 3.05) is 6.54 Å². The molecule has 4 unspecified atom stereocenters. The van der Waals surface area contributed by atoms with Crippen molar-refractivity contribution in [1.29, 1.82) is 0 Å². The summed E-state index contributed by atoms with van der Waals surface area (Å²) in [4.78, 5) is 69.0. The van der Waals surface area contributed by atoms with Crippen LogP contribution in [0.5, 0.6) is 0 Å². The maximum Gasteiger partial charge on any atom is 0.326 e. The van der Waals surface area contributed by atoms with Crippen LogP contribution in [0.2, 0.25) is 0 Å². The lowest BCUT2D eigenvalue weighted by Gasteiger charge is -2.30. The molecule has 188 valence electrons. The number of aromatic nitrogens is 2. The molecule has 0 aliphatic carbocycles. The van der Waals surface area contributed by atoms with Gasteiger partial charge in [0, 0.05) is 24.9 Å². The number of nitrogens with zero attached hydrogens (tertiary/aromatic N) is 2. The van der Waals surface area contributed by atoms with E-state index < -0.39 is 60.2 Å². The molecule has 3 amide bonds. The summed E-state index contributed by atoms with van der Waals surface area (Å²) in [6, 6.07) is -4.43. The number of carboxylic acid groups (broad SMARTS) is 2. The van der Waals surface area contributed by atoms with Crippen molar-refractivity contribution in [3.05, 3.63) is 18.2 Å². The number of carbonyl (C=O) groups is 5. The van der Waals surface area contributed by atoms with E-state index in [1.54, 1.807) is 6.20 Å². The summed E-state index contributed by atoms with van der Waals surface area (Å²) in [5.74, 6) is -4.56. The zero-order valence-corrected chi connectivity index (χ0v) is 19.2. The first-order chi connectivity index (χ1) is 16.0. The van der Waals surface area contributed by atoms with Crippen LogP contribution in [0.4, 0.5) is 0 Å². The molecular formula is C21H32N6O7. The molecule has 13 nitrogen and oxygen atoms in total. The zero-order valence-electron chi connectivity index (χ0n) is 19.2. The van der Waals surface area contributed by atoms with Crippen LogP contribution >= 0.6 is 0 Å². The Morgan fingerprint density at radius 2 is 1.91 bits per heavy atom. The summed E-state index contributed by atoms with van der Waals surface area (Å²) >= 11 is 0. The van der Waals surface area contributed by atoms with Gasteiger partial charge in [-0.25, -0.2) is 9.78 Å². The summed E-state index contributed by atoms with van der Waals surface area (Å²) < 4.78 is 0. The topological polar surface area (TPSA) is 208 Å². The van der Waals surface area contributed by atoms with Crippen molar-refractivity contribution in [3.63, 3.8) is 0 Å². The molecule has 13 heteroatoms. The Morgan fingerprint density at radius 3 is 2.47 bits per heavy atom. The molecule has 1 aromatic rings. The molecule has 1 aliphatic rings. The molecule has 1 aromatic heterocycles. The van der Waals surface area contributed by atoms with E-state index in [1.165, 1.54) is 11.2 Å². The van der Waals surface area contributed by atoms with Gasteiger partial charge in [-0.3, -0.25) is 19.2 Å². The molecule has 1 saturated heterocycles. The average molecular weight is 481 g/mol. The van der Waals surface area contributed by atoms with E-state index >= 15 is 0 Å². The Bertz CT molecular complexity index is 888. The minimum atomic E-state index is -1.62. The Morgan fingerprint density at radius 1 is 1.21 bits per heavy atom.